The molecule has 1 unspecified atom stereocenters. The van der Waals surface area contributed by atoms with E-state index in [-0.39, 0.29) is 11.7 Å². The Labute approximate surface area is 178 Å². The molecule has 1 aliphatic carbocycles. The van der Waals surface area contributed by atoms with E-state index in [1.54, 1.807) is 0 Å². The van der Waals surface area contributed by atoms with Crippen molar-refractivity contribution in [3.8, 4) is 5.69 Å². The van der Waals surface area contributed by atoms with Crippen LogP contribution in [0.4, 0.5) is 19.0 Å². The second kappa shape index (κ2) is 8.58. The van der Waals surface area contributed by atoms with Crippen molar-refractivity contribution in [1.29, 1.82) is 0 Å². The Morgan fingerprint density at radius 1 is 1.19 bits per heavy atom. The fourth-order valence-corrected chi connectivity index (χ4v) is 3.87. The van der Waals surface area contributed by atoms with Gasteiger partial charge in [0.15, 0.2) is 5.82 Å². The molecule has 1 atom stereocenters. The predicted octanol–water partition coefficient (Wildman–Crippen LogP) is 3.86. The molecule has 2 heterocycles. The molecule has 2 aromatic rings. The topological polar surface area (TPSA) is 76.2 Å². The number of amides is 1. The zero-order valence-corrected chi connectivity index (χ0v) is 16.9. The van der Waals surface area contributed by atoms with Crippen molar-refractivity contribution in [1.82, 2.24) is 14.5 Å². The number of nitrogens with two attached hydrogens (primary N) is 1. The normalized spacial score (nSPS) is 19.6. The number of nitrogens with one attached hydrogen (secondary N) is 1. The van der Waals surface area contributed by atoms with Crippen molar-refractivity contribution in [3.05, 3.63) is 65.8 Å². The van der Waals surface area contributed by atoms with Crippen LogP contribution in [0.15, 0.2) is 60.2 Å². The standard InChI is InChI=1S/C22H24F3N5O/c23-22(24,25)15-5-4-6-16(11-15)30-13-20(27-14-30)28-21(31)18-12-17(7-8-19(18)26)29-9-2-1-3-10-29/h4-7,11-14,19H,1-3,8-10,26H2,(H,28,31). The number of carbonyl (C=O) groups excluding carboxylic acids is 1. The van der Waals surface area contributed by atoms with Gasteiger partial charge in [-0.2, -0.15) is 13.2 Å². The van der Waals surface area contributed by atoms with Crippen LogP contribution >= 0.6 is 0 Å². The van der Waals surface area contributed by atoms with Crippen molar-refractivity contribution in [2.24, 2.45) is 5.73 Å². The van der Waals surface area contributed by atoms with Crippen LogP contribution in [0.25, 0.3) is 5.69 Å². The maximum atomic E-state index is 13.0. The molecule has 0 radical (unpaired) electrons. The van der Waals surface area contributed by atoms with E-state index < -0.39 is 17.8 Å². The van der Waals surface area contributed by atoms with Crippen molar-refractivity contribution in [3.63, 3.8) is 0 Å². The second-order valence-electron chi connectivity index (χ2n) is 7.79. The average molecular weight is 431 g/mol. The van der Waals surface area contributed by atoms with E-state index in [0.29, 0.717) is 17.7 Å². The summed E-state index contributed by atoms with van der Waals surface area (Å²) in [6, 6.07) is 4.49. The van der Waals surface area contributed by atoms with Crippen LogP contribution in [0, 0.1) is 0 Å². The number of hydrogen-bond acceptors (Lipinski definition) is 4. The highest BCUT2D eigenvalue weighted by Crippen LogP contribution is 2.30. The van der Waals surface area contributed by atoms with Gasteiger partial charge in [-0.1, -0.05) is 12.1 Å². The third-order valence-corrected chi connectivity index (χ3v) is 5.56. The summed E-state index contributed by atoms with van der Waals surface area (Å²) in [4.78, 5) is 19.2. The van der Waals surface area contributed by atoms with E-state index in [1.807, 2.05) is 6.08 Å². The van der Waals surface area contributed by atoms with Gasteiger partial charge in [0.1, 0.15) is 6.33 Å². The Hall–Kier alpha value is -3.07. The molecule has 3 N–H and O–H groups in total. The quantitative estimate of drug-likeness (QED) is 0.771. The first-order valence-electron chi connectivity index (χ1n) is 10.3. The molecule has 31 heavy (non-hydrogen) atoms. The number of allylic oxidation sites excluding steroid dienone is 1. The van der Waals surface area contributed by atoms with Gasteiger partial charge in [-0.05, 0) is 50.0 Å². The lowest BCUT2D eigenvalue weighted by molar-refractivity contribution is -0.137. The number of aromatic nitrogens is 2. The summed E-state index contributed by atoms with van der Waals surface area (Å²) >= 11 is 0. The highest BCUT2D eigenvalue weighted by atomic mass is 19.4. The first-order chi connectivity index (χ1) is 14.8. The van der Waals surface area contributed by atoms with Crippen LogP contribution in [-0.4, -0.2) is 39.5 Å². The van der Waals surface area contributed by atoms with Gasteiger partial charge in [0.2, 0.25) is 0 Å². The maximum Gasteiger partial charge on any atom is 0.416 e. The fourth-order valence-electron chi connectivity index (χ4n) is 3.87. The van der Waals surface area contributed by atoms with Crippen molar-refractivity contribution in [2.45, 2.75) is 37.9 Å². The Balaban J connectivity index is 1.49. The van der Waals surface area contributed by atoms with Crippen LogP contribution < -0.4 is 11.1 Å². The summed E-state index contributed by atoms with van der Waals surface area (Å²) in [6.45, 7) is 1.93. The number of benzene rings is 1. The summed E-state index contributed by atoms with van der Waals surface area (Å²) in [5, 5.41) is 2.71. The van der Waals surface area contributed by atoms with Crippen molar-refractivity contribution < 1.29 is 18.0 Å². The monoisotopic (exact) mass is 431 g/mol. The molecular weight excluding hydrogens is 407 g/mol. The van der Waals surface area contributed by atoms with Crippen LogP contribution in [0.3, 0.4) is 0 Å². The van der Waals surface area contributed by atoms with Gasteiger partial charge in [0.05, 0.1) is 11.8 Å². The number of piperidine rings is 1. The first kappa shape index (κ1) is 21.2. The third-order valence-electron chi connectivity index (χ3n) is 5.56. The number of rotatable bonds is 4. The molecule has 1 saturated heterocycles. The largest absolute Gasteiger partial charge is 0.416 e. The Kier molecular flexibility index (Phi) is 5.86. The predicted molar refractivity (Wildman–Crippen MR) is 111 cm³/mol. The maximum absolute atomic E-state index is 13.0. The minimum atomic E-state index is -4.43. The van der Waals surface area contributed by atoms with Gasteiger partial charge in [0.25, 0.3) is 5.91 Å². The molecule has 1 amide bonds. The molecule has 0 saturated carbocycles. The molecule has 0 spiro atoms. The zero-order valence-electron chi connectivity index (χ0n) is 16.9. The van der Waals surface area contributed by atoms with Gasteiger partial charge in [0, 0.05) is 36.1 Å². The molecule has 6 nitrogen and oxygen atoms in total. The molecule has 1 aliphatic heterocycles. The molecule has 4 rings (SSSR count). The number of hydrogen-bond donors (Lipinski definition) is 2. The summed E-state index contributed by atoms with van der Waals surface area (Å²) < 4.78 is 40.3. The van der Waals surface area contributed by atoms with E-state index in [2.05, 4.69) is 21.3 Å². The smallest absolute Gasteiger partial charge is 0.372 e. The minimum absolute atomic E-state index is 0.240. The number of carbonyl (C=O) groups is 1. The Morgan fingerprint density at radius 2 is 1.97 bits per heavy atom. The van der Waals surface area contributed by atoms with Crippen LogP contribution in [0.1, 0.15) is 31.2 Å². The summed E-state index contributed by atoms with van der Waals surface area (Å²) in [5.74, 6) is -0.117. The number of alkyl halides is 3. The highest BCUT2D eigenvalue weighted by molar-refractivity contribution is 6.04. The van der Waals surface area contributed by atoms with Gasteiger partial charge in [-0.3, -0.25) is 4.79 Å². The van der Waals surface area contributed by atoms with Gasteiger partial charge >= 0.3 is 6.18 Å². The van der Waals surface area contributed by atoms with Gasteiger partial charge in [-0.25, -0.2) is 4.98 Å². The van der Waals surface area contributed by atoms with E-state index in [1.165, 1.54) is 35.6 Å². The van der Waals surface area contributed by atoms with Crippen LogP contribution in [0.5, 0.6) is 0 Å². The van der Waals surface area contributed by atoms with Crippen molar-refractivity contribution in [2.75, 3.05) is 18.4 Å². The summed E-state index contributed by atoms with van der Waals surface area (Å²) in [5.41, 5.74) is 7.19. The Morgan fingerprint density at radius 3 is 2.71 bits per heavy atom. The van der Waals surface area contributed by atoms with E-state index in [4.69, 9.17) is 5.73 Å². The lowest BCUT2D eigenvalue weighted by Gasteiger charge is -2.32. The third kappa shape index (κ3) is 4.82. The summed E-state index contributed by atoms with van der Waals surface area (Å²) in [7, 11) is 0. The second-order valence-corrected chi connectivity index (χ2v) is 7.79. The van der Waals surface area contributed by atoms with Crippen molar-refractivity contribution >= 4 is 11.7 Å². The molecule has 164 valence electrons. The fraction of sp³-hybridized carbons (Fsp3) is 0.364. The number of imidazole rings is 1. The average Bonchev–Trinajstić information content (AvgIpc) is 3.22. The van der Waals surface area contributed by atoms with Gasteiger partial charge in [-0.15, -0.1) is 0 Å². The number of halogens is 3. The molecule has 1 aromatic carbocycles. The highest BCUT2D eigenvalue weighted by Gasteiger charge is 2.30. The Bertz CT molecular complexity index is 1020. The SMILES string of the molecule is NC1CC=C(N2CCCCC2)C=C1C(=O)Nc1cn(-c2cccc(C(F)(F)F)c2)cn1. The molecule has 0 bridgehead atoms. The molecular formula is C22H24F3N5O. The van der Waals surface area contributed by atoms with Crippen LogP contribution in [-0.2, 0) is 11.0 Å². The van der Waals surface area contributed by atoms with Crippen LogP contribution in [0.2, 0.25) is 0 Å². The van der Waals surface area contributed by atoms with Gasteiger partial charge < -0.3 is 20.5 Å². The molecule has 9 heteroatoms. The number of nitrogens with zero attached hydrogens (tertiary/aromatic N) is 3. The zero-order chi connectivity index (χ0) is 22.0. The molecule has 2 aliphatic rings. The lowest BCUT2D eigenvalue weighted by Crippen LogP contribution is -2.35. The number of anilines is 1. The first-order valence-corrected chi connectivity index (χ1v) is 10.3. The van der Waals surface area contributed by atoms with E-state index >= 15 is 0 Å². The minimum Gasteiger partial charge on any atom is -0.372 e. The van der Waals surface area contributed by atoms with E-state index in [0.717, 1.165) is 43.8 Å². The van der Waals surface area contributed by atoms with E-state index in [9.17, 15) is 18.0 Å². The number of likely N-dealkylation sites (tertiary alicyclic amines) is 1. The molecule has 1 aromatic heterocycles. The lowest BCUT2D eigenvalue weighted by atomic mass is 9.96. The summed E-state index contributed by atoms with van der Waals surface area (Å²) in [6.07, 6.45) is 6.35. The molecule has 1 fully saturated rings.